The van der Waals surface area contributed by atoms with Crippen LogP contribution in [0.2, 0.25) is 4.34 Å². The lowest BCUT2D eigenvalue weighted by atomic mass is 10.1. The van der Waals surface area contributed by atoms with E-state index in [0.29, 0.717) is 30.5 Å². The van der Waals surface area contributed by atoms with E-state index in [-0.39, 0.29) is 22.2 Å². The molecule has 6 nitrogen and oxygen atoms in total. The molecular weight excluding hydrogens is 418 g/mol. The van der Waals surface area contributed by atoms with E-state index in [0.717, 1.165) is 16.9 Å². The number of nitrogens with one attached hydrogen (secondary N) is 1. The molecule has 0 spiro atoms. The molecule has 2 aromatic rings. The van der Waals surface area contributed by atoms with Crippen molar-refractivity contribution in [2.24, 2.45) is 0 Å². The number of thiophene rings is 1. The molecule has 28 heavy (non-hydrogen) atoms. The topological polar surface area (TPSA) is 69.7 Å². The zero-order valence-electron chi connectivity index (χ0n) is 15.8. The highest BCUT2D eigenvalue weighted by molar-refractivity contribution is 7.91. The normalized spacial score (nSPS) is 18.5. The third-order valence-electron chi connectivity index (χ3n) is 5.00. The molecule has 1 saturated heterocycles. The minimum atomic E-state index is -3.53. The van der Waals surface area contributed by atoms with E-state index in [1.165, 1.54) is 10.4 Å². The summed E-state index contributed by atoms with van der Waals surface area (Å²) in [6.07, 6.45) is 0. The van der Waals surface area contributed by atoms with Gasteiger partial charge in [-0.25, -0.2) is 8.42 Å². The number of benzene rings is 1. The monoisotopic (exact) mass is 441 g/mol. The number of sulfonamides is 1. The first-order valence-electron chi connectivity index (χ1n) is 9.14. The van der Waals surface area contributed by atoms with Gasteiger partial charge in [0.25, 0.3) is 10.0 Å². The summed E-state index contributed by atoms with van der Waals surface area (Å²) in [5.74, 6) is -0.0577. The van der Waals surface area contributed by atoms with Crippen LogP contribution in [0.15, 0.2) is 46.7 Å². The molecule has 3 rings (SSSR count). The van der Waals surface area contributed by atoms with Crippen LogP contribution < -0.4 is 5.32 Å². The van der Waals surface area contributed by atoms with Gasteiger partial charge in [0.15, 0.2) is 0 Å². The van der Waals surface area contributed by atoms with Gasteiger partial charge < -0.3 is 5.32 Å². The molecule has 152 valence electrons. The van der Waals surface area contributed by atoms with Gasteiger partial charge in [-0.1, -0.05) is 41.9 Å². The fraction of sp³-hybridized carbons (Fsp3) is 0.421. The number of nitrogens with zero attached hydrogens (tertiary/aromatic N) is 2. The number of halogens is 1. The van der Waals surface area contributed by atoms with Gasteiger partial charge in [0.2, 0.25) is 5.91 Å². The molecule has 0 saturated carbocycles. The van der Waals surface area contributed by atoms with Crippen LogP contribution in [-0.4, -0.2) is 55.8 Å². The Balaban J connectivity index is 1.56. The van der Waals surface area contributed by atoms with Gasteiger partial charge in [0.05, 0.1) is 16.4 Å². The Bertz CT molecular complexity index is 910. The molecule has 2 heterocycles. The first-order valence-corrected chi connectivity index (χ1v) is 11.8. The van der Waals surface area contributed by atoms with Crippen molar-refractivity contribution in [1.29, 1.82) is 0 Å². The number of hydrogen-bond acceptors (Lipinski definition) is 5. The largest absolute Gasteiger partial charge is 0.348 e. The molecule has 9 heteroatoms. The Kier molecular flexibility index (Phi) is 6.77. The zero-order valence-corrected chi connectivity index (χ0v) is 18.2. The fourth-order valence-electron chi connectivity index (χ4n) is 3.22. The summed E-state index contributed by atoms with van der Waals surface area (Å²) < 4.78 is 27.6. The minimum Gasteiger partial charge on any atom is -0.348 e. The summed E-state index contributed by atoms with van der Waals surface area (Å²) in [5.41, 5.74) is 1.05. The first-order chi connectivity index (χ1) is 13.3. The Labute approximate surface area is 175 Å². The van der Waals surface area contributed by atoms with Crippen LogP contribution in [0.4, 0.5) is 0 Å². The summed E-state index contributed by atoms with van der Waals surface area (Å²) in [6.45, 7) is 5.53. The molecule has 1 aliphatic rings. The summed E-state index contributed by atoms with van der Waals surface area (Å²) in [7, 11) is -3.53. The molecule has 1 aromatic heterocycles. The zero-order chi connectivity index (χ0) is 20.3. The van der Waals surface area contributed by atoms with Gasteiger partial charge in [-0.2, -0.15) is 4.31 Å². The highest BCUT2D eigenvalue weighted by atomic mass is 35.5. The third kappa shape index (κ3) is 4.75. The van der Waals surface area contributed by atoms with Crippen LogP contribution in [0.25, 0.3) is 0 Å². The molecule has 0 bridgehead atoms. The van der Waals surface area contributed by atoms with E-state index in [1.807, 2.05) is 49.1 Å². The van der Waals surface area contributed by atoms with Crippen molar-refractivity contribution in [2.75, 3.05) is 26.2 Å². The van der Waals surface area contributed by atoms with Gasteiger partial charge in [-0.3, -0.25) is 9.69 Å². The van der Waals surface area contributed by atoms with Gasteiger partial charge in [-0.05, 0) is 31.5 Å². The Morgan fingerprint density at radius 2 is 1.71 bits per heavy atom. The minimum absolute atomic E-state index is 0.0577. The van der Waals surface area contributed by atoms with Crippen LogP contribution in [0.3, 0.4) is 0 Å². The molecular formula is C19H24ClN3O3S2. The summed E-state index contributed by atoms with van der Waals surface area (Å²) in [6, 6.07) is 12.5. The molecule has 1 fully saturated rings. The molecule has 1 amide bonds. The van der Waals surface area contributed by atoms with E-state index in [4.69, 9.17) is 11.6 Å². The van der Waals surface area contributed by atoms with Crippen molar-refractivity contribution < 1.29 is 13.2 Å². The van der Waals surface area contributed by atoms with Crippen LogP contribution in [0.5, 0.6) is 0 Å². The van der Waals surface area contributed by atoms with Crippen molar-refractivity contribution in [3.63, 3.8) is 0 Å². The molecule has 1 aromatic carbocycles. The van der Waals surface area contributed by atoms with Gasteiger partial charge in [0.1, 0.15) is 4.21 Å². The summed E-state index contributed by atoms with van der Waals surface area (Å²) in [5, 5.41) is 3.04. The van der Waals surface area contributed by atoms with Crippen LogP contribution >= 0.6 is 22.9 Å². The number of piperazine rings is 1. The predicted molar refractivity (Wildman–Crippen MR) is 112 cm³/mol. The predicted octanol–water partition coefficient (Wildman–Crippen LogP) is 2.97. The molecule has 0 radical (unpaired) electrons. The Hall–Kier alpha value is -1.45. The van der Waals surface area contributed by atoms with E-state index >= 15 is 0 Å². The van der Waals surface area contributed by atoms with Crippen molar-refractivity contribution in [3.8, 4) is 0 Å². The lowest BCUT2D eigenvalue weighted by Crippen LogP contribution is -2.55. The Morgan fingerprint density at radius 3 is 2.29 bits per heavy atom. The standard InChI is InChI=1S/C19H24ClN3O3S2/c1-14(16-6-4-3-5-7-16)21-19(24)15(2)22-10-12-23(13-11-22)28(25,26)18-9-8-17(20)27-18/h3-9,14-15H,10-13H2,1-2H3,(H,21,24). The number of amides is 1. The maximum absolute atomic E-state index is 12.7. The van der Waals surface area contributed by atoms with Crippen LogP contribution in [-0.2, 0) is 14.8 Å². The molecule has 0 aliphatic carbocycles. The van der Waals surface area contributed by atoms with Gasteiger partial charge in [-0.15, -0.1) is 11.3 Å². The van der Waals surface area contributed by atoms with E-state index in [2.05, 4.69) is 5.32 Å². The molecule has 2 unspecified atom stereocenters. The SMILES string of the molecule is CC(NC(=O)C(C)N1CCN(S(=O)(=O)c2ccc(Cl)s2)CC1)c1ccccc1. The van der Waals surface area contributed by atoms with E-state index in [1.54, 1.807) is 6.07 Å². The Morgan fingerprint density at radius 1 is 1.07 bits per heavy atom. The highest BCUT2D eigenvalue weighted by Crippen LogP contribution is 2.28. The van der Waals surface area contributed by atoms with E-state index < -0.39 is 10.0 Å². The van der Waals surface area contributed by atoms with Crippen molar-refractivity contribution in [3.05, 3.63) is 52.4 Å². The smallest absolute Gasteiger partial charge is 0.252 e. The van der Waals surface area contributed by atoms with E-state index in [9.17, 15) is 13.2 Å². The van der Waals surface area contributed by atoms with Gasteiger partial charge in [0, 0.05) is 26.2 Å². The van der Waals surface area contributed by atoms with Crippen LogP contribution in [0, 0.1) is 0 Å². The van der Waals surface area contributed by atoms with Gasteiger partial charge >= 0.3 is 0 Å². The van der Waals surface area contributed by atoms with Crippen molar-refractivity contribution >= 4 is 38.9 Å². The molecule has 1 aliphatic heterocycles. The average molecular weight is 442 g/mol. The lowest BCUT2D eigenvalue weighted by molar-refractivity contribution is -0.127. The number of rotatable bonds is 6. The molecule has 1 N–H and O–H groups in total. The fourth-order valence-corrected chi connectivity index (χ4v) is 6.28. The van der Waals surface area contributed by atoms with Crippen LogP contribution in [0.1, 0.15) is 25.5 Å². The number of carbonyl (C=O) groups is 1. The second-order valence-electron chi connectivity index (χ2n) is 6.82. The first kappa shape index (κ1) is 21.3. The van der Waals surface area contributed by atoms with Crippen molar-refractivity contribution in [2.45, 2.75) is 30.1 Å². The second-order valence-corrected chi connectivity index (χ2v) is 10.7. The molecule has 2 atom stereocenters. The quantitative estimate of drug-likeness (QED) is 0.748. The lowest BCUT2D eigenvalue weighted by Gasteiger charge is -2.36. The highest BCUT2D eigenvalue weighted by Gasteiger charge is 2.32. The van der Waals surface area contributed by atoms with Crippen molar-refractivity contribution in [1.82, 2.24) is 14.5 Å². The third-order valence-corrected chi connectivity index (χ3v) is 8.60. The number of hydrogen-bond donors (Lipinski definition) is 1. The maximum atomic E-state index is 12.7. The average Bonchev–Trinajstić information content (AvgIpc) is 3.15. The number of carbonyl (C=O) groups excluding carboxylic acids is 1. The second kappa shape index (κ2) is 8.92. The summed E-state index contributed by atoms with van der Waals surface area (Å²) >= 11 is 6.94. The summed E-state index contributed by atoms with van der Waals surface area (Å²) in [4.78, 5) is 14.6. The maximum Gasteiger partial charge on any atom is 0.252 e.